The Morgan fingerprint density at radius 2 is 2.08 bits per heavy atom. The minimum Gasteiger partial charge on any atom is -0.461 e. The van der Waals surface area contributed by atoms with Gasteiger partial charge in [0.15, 0.2) is 0 Å². The van der Waals surface area contributed by atoms with E-state index in [2.05, 4.69) is 5.32 Å². The normalized spacial score (nSPS) is 29.4. The van der Waals surface area contributed by atoms with E-state index in [4.69, 9.17) is 4.74 Å². The quantitative estimate of drug-likeness (QED) is 0.651. The van der Waals surface area contributed by atoms with Gasteiger partial charge in [0.2, 0.25) is 0 Å². The topological polar surface area (TPSA) is 38.3 Å². The largest absolute Gasteiger partial charge is 0.461 e. The third-order valence-corrected chi connectivity index (χ3v) is 2.97. The molecular weight excluding hydrogens is 166 g/mol. The molecule has 0 aromatic heterocycles. The van der Waals surface area contributed by atoms with Crippen LogP contribution in [0.5, 0.6) is 0 Å². The van der Waals surface area contributed by atoms with Crippen LogP contribution in [0.25, 0.3) is 0 Å². The molecule has 0 amide bonds. The van der Waals surface area contributed by atoms with Crippen LogP contribution in [0.15, 0.2) is 0 Å². The fraction of sp³-hybridized carbons (Fsp3) is 0.900. The van der Waals surface area contributed by atoms with Crippen molar-refractivity contribution in [1.29, 1.82) is 0 Å². The van der Waals surface area contributed by atoms with Gasteiger partial charge in [-0.1, -0.05) is 6.42 Å². The average Bonchev–Trinajstić information content (AvgIpc) is 2.02. The van der Waals surface area contributed by atoms with Gasteiger partial charge in [0.05, 0.1) is 5.92 Å². The van der Waals surface area contributed by atoms with Gasteiger partial charge in [0.25, 0.3) is 0 Å². The maximum atomic E-state index is 11.4. The molecular formula is C10H17NO2. The van der Waals surface area contributed by atoms with Crippen molar-refractivity contribution in [3.63, 3.8) is 0 Å². The molecule has 0 aromatic rings. The predicted octanol–water partition coefficient (Wildman–Crippen LogP) is 1.08. The van der Waals surface area contributed by atoms with Crippen LogP contribution in [0.2, 0.25) is 0 Å². The third-order valence-electron chi connectivity index (χ3n) is 2.97. The van der Waals surface area contributed by atoms with Gasteiger partial charge in [0.1, 0.15) is 6.10 Å². The predicted molar refractivity (Wildman–Crippen MR) is 49.3 cm³/mol. The molecule has 1 aliphatic heterocycles. The van der Waals surface area contributed by atoms with E-state index in [1.165, 1.54) is 6.42 Å². The zero-order valence-corrected chi connectivity index (χ0v) is 7.92. The molecule has 2 aliphatic rings. The molecule has 1 saturated carbocycles. The van der Waals surface area contributed by atoms with Gasteiger partial charge in [-0.2, -0.15) is 0 Å². The number of ether oxygens (including phenoxy) is 1. The fourth-order valence-corrected chi connectivity index (χ4v) is 1.82. The standard InChI is InChI=1S/C10H17NO2/c12-10(8-3-1-4-8)13-9-5-2-6-11-7-9/h8-9,11H,1-7H2/t9-/m0/s1. The first kappa shape index (κ1) is 9.00. The fourth-order valence-electron chi connectivity index (χ4n) is 1.82. The molecule has 1 N–H and O–H groups in total. The van der Waals surface area contributed by atoms with Gasteiger partial charge in [0, 0.05) is 6.54 Å². The molecule has 1 aliphatic carbocycles. The molecule has 2 fully saturated rings. The van der Waals surface area contributed by atoms with E-state index in [-0.39, 0.29) is 18.0 Å². The van der Waals surface area contributed by atoms with E-state index in [1.54, 1.807) is 0 Å². The molecule has 1 heterocycles. The monoisotopic (exact) mass is 183 g/mol. The van der Waals surface area contributed by atoms with Crippen LogP contribution in [-0.2, 0) is 9.53 Å². The Labute approximate surface area is 78.8 Å². The van der Waals surface area contributed by atoms with Crippen molar-refractivity contribution in [2.75, 3.05) is 13.1 Å². The van der Waals surface area contributed by atoms with E-state index < -0.39 is 0 Å². The van der Waals surface area contributed by atoms with Crippen LogP contribution >= 0.6 is 0 Å². The van der Waals surface area contributed by atoms with E-state index in [0.29, 0.717) is 0 Å². The molecule has 13 heavy (non-hydrogen) atoms. The Balaban J connectivity index is 1.72. The number of nitrogens with one attached hydrogen (secondary N) is 1. The summed E-state index contributed by atoms with van der Waals surface area (Å²) in [7, 11) is 0. The second-order valence-corrected chi connectivity index (χ2v) is 4.03. The second kappa shape index (κ2) is 4.09. The molecule has 1 saturated heterocycles. The van der Waals surface area contributed by atoms with Crippen molar-refractivity contribution >= 4 is 5.97 Å². The summed E-state index contributed by atoms with van der Waals surface area (Å²) >= 11 is 0. The van der Waals surface area contributed by atoms with E-state index in [9.17, 15) is 4.79 Å². The highest BCUT2D eigenvalue weighted by atomic mass is 16.5. The minimum atomic E-state index is 0.0416. The van der Waals surface area contributed by atoms with Crippen LogP contribution < -0.4 is 5.32 Å². The highest BCUT2D eigenvalue weighted by molar-refractivity contribution is 5.73. The lowest BCUT2D eigenvalue weighted by Crippen LogP contribution is -2.38. The average molecular weight is 183 g/mol. The molecule has 3 heteroatoms. The van der Waals surface area contributed by atoms with E-state index >= 15 is 0 Å². The Hall–Kier alpha value is -0.570. The second-order valence-electron chi connectivity index (χ2n) is 4.03. The number of carbonyl (C=O) groups excluding carboxylic acids is 1. The first-order valence-corrected chi connectivity index (χ1v) is 5.27. The van der Waals surface area contributed by atoms with Crippen molar-refractivity contribution in [2.45, 2.75) is 38.2 Å². The SMILES string of the molecule is O=C(O[C@H]1CCCNC1)C1CCC1. The highest BCUT2D eigenvalue weighted by Gasteiger charge is 2.29. The lowest BCUT2D eigenvalue weighted by atomic mass is 9.85. The maximum absolute atomic E-state index is 11.4. The van der Waals surface area contributed by atoms with E-state index in [1.807, 2.05) is 0 Å². The lowest BCUT2D eigenvalue weighted by Gasteiger charge is -2.28. The highest BCUT2D eigenvalue weighted by Crippen LogP contribution is 2.28. The van der Waals surface area contributed by atoms with Crippen molar-refractivity contribution in [3.8, 4) is 0 Å². The molecule has 0 radical (unpaired) electrons. The summed E-state index contributed by atoms with van der Waals surface area (Å²) in [4.78, 5) is 11.4. The van der Waals surface area contributed by atoms with Gasteiger partial charge in [-0.25, -0.2) is 0 Å². The van der Waals surface area contributed by atoms with Crippen LogP contribution in [0.3, 0.4) is 0 Å². The molecule has 1 atom stereocenters. The lowest BCUT2D eigenvalue weighted by molar-refractivity contribution is -0.157. The maximum Gasteiger partial charge on any atom is 0.309 e. The number of hydrogen-bond donors (Lipinski definition) is 1. The van der Waals surface area contributed by atoms with Gasteiger partial charge in [-0.15, -0.1) is 0 Å². The number of carbonyl (C=O) groups is 1. The summed E-state index contributed by atoms with van der Waals surface area (Å²) in [5.74, 6) is 0.266. The third kappa shape index (κ3) is 2.21. The van der Waals surface area contributed by atoms with Crippen molar-refractivity contribution < 1.29 is 9.53 Å². The molecule has 2 rings (SSSR count). The zero-order chi connectivity index (χ0) is 9.10. The Bertz CT molecular complexity index is 183. The Kier molecular flexibility index (Phi) is 2.83. The van der Waals surface area contributed by atoms with Crippen molar-refractivity contribution in [1.82, 2.24) is 5.32 Å². The molecule has 0 spiro atoms. The van der Waals surface area contributed by atoms with Crippen LogP contribution in [0.1, 0.15) is 32.1 Å². The number of rotatable bonds is 2. The minimum absolute atomic E-state index is 0.0416. The Morgan fingerprint density at radius 1 is 1.23 bits per heavy atom. The Morgan fingerprint density at radius 3 is 2.62 bits per heavy atom. The van der Waals surface area contributed by atoms with Crippen molar-refractivity contribution in [2.24, 2.45) is 5.92 Å². The summed E-state index contributed by atoms with van der Waals surface area (Å²) in [6.07, 6.45) is 5.58. The van der Waals surface area contributed by atoms with Gasteiger partial charge >= 0.3 is 5.97 Å². The summed E-state index contributed by atoms with van der Waals surface area (Å²) in [5, 5.41) is 3.24. The first-order chi connectivity index (χ1) is 6.36. The van der Waals surface area contributed by atoms with Crippen molar-refractivity contribution in [3.05, 3.63) is 0 Å². The summed E-state index contributed by atoms with van der Waals surface area (Å²) in [6.45, 7) is 1.91. The molecule has 3 nitrogen and oxygen atoms in total. The molecule has 0 aromatic carbocycles. The summed E-state index contributed by atoms with van der Waals surface area (Å²) in [6, 6.07) is 0. The van der Waals surface area contributed by atoms with Crippen LogP contribution in [0.4, 0.5) is 0 Å². The first-order valence-electron chi connectivity index (χ1n) is 5.27. The molecule has 0 unspecified atom stereocenters. The number of piperidine rings is 1. The van der Waals surface area contributed by atoms with Crippen LogP contribution in [0, 0.1) is 5.92 Å². The number of esters is 1. The van der Waals surface area contributed by atoms with Gasteiger partial charge in [-0.05, 0) is 32.2 Å². The van der Waals surface area contributed by atoms with Crippen LogP contribution in [-0.4, -0.2) is 25.2 Å². The van der Waals surface area contributed by atoms with Gasteiger partial charge < -0.3 is 10.1 Å². The number of hydrogen-bond acceptors (Lipinski definition) is 3. The smallest absolute Gasteiger partial charge is 0.309 e. The zero-order valence-electron chi connectivity index (χ0n) is 7.92. The van der Waals surface area contributed by atoms with E-state index in [0.717, 1.165) is 38.8 Å². The molecule has 74 valence electrons. The molecule has 0 bridgehead atoms. The summed E-state index contributed by atoms with van der Waals surface area (Å²) < 4.78 is 5.39. The summed E-state index contributed by atoms with van der Waals surface area (Å²) in [5.41, 5.74) is 0. The van der Waals surface area contributed by atoms with Gasteiger partial charge in [-0.3, -0.25) is 4.79 Å².